The molecule has 4 fully saturated rings. The van der Waals surface area contributed by atoms with Gasteiger partial charge in [-0.3, -0.25) is 9.59 Å². The van der Waals surface area contributed by atoms with E-state index >= 15 is 0 Å². The lowest BCUT2D eigenvalue weighted by Crippen LogP contribution is -2.62. The number of carbonyl (C=O) groups is 2. The first-order valence-electron chi connectivity index (χ1n) is 15.6. The van der Waals surface area contributed by atoms with E-state index in [1.807, 2.05) is 10.9 Å². The molecule has 0 spiro atoms. The van der Waals surface area contributed by atoms with Gasteiger partial charge in [-0.1, -0.05) is 37.6 Å². The molecule has 0 bridgehead atoms. The fourth-order valence-electron chi connectivity index (χ4n) is 9.62. The van der Waals surface area contributed by atoms with E-state index < -0.39 is 17.1 Å². The maximum absolute atomic E-state index is 13.9. The number of thioether (sulfide) groups is 1. The molecule has 1 heterocycles. The van der Waals surface area contributed by atoms with Crippen LogP contribution in [0, 0.1) is 51.6 Å². The first kappa shape index (κ1) is 28.8. The molecule has 2 aromatic rings. The number of aromatic nitrogens is 2. The number of halogens is 1. The molecule has 7 atom stereocenters. The highest BCUT2D eigenvalue weighted by molar-refractivity contribution is 8.14. The molecule has 1 N–H and O–H groups in total. The van der Waals surface area contributed by atoms with Gasteiger partial charge in [0.05, 0.1) is 41.4 Å². The summed E-state index contributed by atoms with van der Waals surface area (Å²) < 4.78 is 21.8. The highest BCUT2D eigenvalue weighted by Crippen LogP contribution is 2.69. The lowest BCUT2D eigenvalue weighted by molar-refractivity contribution is -0.201. The molecule has 0 saturated heterocycles. The van der Waals surface area contributed by atoms with Crippen molar-refractivity contribution in [1.82, 2.24) is 9.78 Å². The van der Waals surface area contributed by atoms with Crippen molar-refractivity contribution in [2.24, 2.45) is 34.5 Å². The highest BCUT2D eigenvalue weighted by Gasteiger charge is 2.71. The van der Waals surface area contributed by atoms with Gasteiger partial charge in [0.25, 0.3) is 0 Å². The molecule has 0 amide bonds. The average Bonchev–Trinajstić information content (AvgIpc) is 3.47. The largest absolute Gasteiger partial charge is 0.449 e. The monoisotopic (exact) mass is 603 g/mol. The van der Waals surface area contributed by atoms with E-state index in [9.17, 15) is 24.3 Å². The van der Waals surface area contributed by atoms with Gasteiger partial charge in [-0.05, 0) is 110 Å². The fourth-order valence-corrected chi connectivity index (χ4v) is 10.4. The van der Waals surface area contributed by atoms with Crippen LogP contribution < -0.4 is 0 Å². The van der Waals surface area contributed by atoms with Gasteiger partial charge in [-0.25, -0.2) is 9.07 Å². The van der Waals surface area contributed by atoms with Crippen molar-refractivity contribution in [2.45, 2.75) is 83.3 Å². The second kappa shape index (κ2) is 10.3. The number of hydrogen-bond acceptors (Lipinski definition) is 7. The summed E-state index contributed by atoms with van der Waals surface area (Å²) in [6.45, 7) is 4.33. The standard InChI is InChI=1S/C34H38FN3O4S/c1-32-17-21-19-37-38(24-9-7-23(35)8-10-24)27(21)16-22(32)6-11-25-26-12-13-34(31(41)43-15-14-36,42-30(40)20-4-3-5-20)33(26,2)18-28(39)29(25)32/h7-10,16,19-20,25-26,28-29,39H,3-6,11-13,15,17-18H2,1-2H3/t25-,26-,28-,29+,32-,33-,34-/m0/s1. The predicted molar refractivity (Wildman–Crippen MR) is 160 cm³/mol. The van der Waals surface area contributed by atoms with E-state index in [2.05, 4.69) is 31.1 Å². The number of aliphatic hydroxyl groups is 1. The number of ether oxygens (including phenoxy) is 1. The summed E-state index contributed by atoms with van der Waals surface area (Å²) in [5.41, 5.74) is 1.91. The van der Waals surface area contributed by atoms with Gasteiger partial charge < -0.3 is 9.84 Å². The predicted octanol–water partition coefficient (Wildman–Crippen LogP) is 6.03. The van der Waals surface area contributed by atoms with E-state index in [1.54, 1.807) is 12.1 Å². The zero-order valence-corrected chi connectivity index (χ0v) is 25.5. The highest BCUT2D eigenvalue weighted by atomic mass is 32.2. The van der Waals surface area contributed by atoms with E-state index in [-0.39, 0.29) is 51.7 Å². The van der Waals surface area contributed by atoms with E-state index in [0.29, 0.717) is 12.8 Å². The molecule has 9 heteroatoms. The average molecular weight is 604 g/mol. The quantitative estimate of drug-likeness (QED) is 0.416. The Bertz CT molecular complexity index is 1540. The van der Waals surface area contributed by atoms with Crippen molar-refractivity contribution in [3.63, 3.8) is 0 Å². The molecule has 7 rings (SSSR count). The lowest BCUT2D eigenvalue weighted by atomic mass is 9.45. The molecule has 1 aromatic carbocycles. The number of aliphatic hydroxyl groups excluding tert-OH is 1. The number of rotatable bonds is 5. The molecule has 0 aliphatic heterocycles. The van der Waals surface area contributed by atoms with Gasteiger partial charge in [0.1, 0.15) is 5.82 Å². The van der Waals surface area contributed by atoms with Gasteiger partial charge >= 0.3 is 5.97 Å². The van der Waals surface area contributed by atoms with Crippen molar-refractivity contribution in [2.75, 3.05) is 5.75 Å². The van der Waals surface area contributed by atoms with Crippen molar-refractivity contribution in [3.05, 3.63) is 53.1 Å². The Morgan fingerprint density at radius 3 is 2.67 bits per heavy atom. The SMILES string of the molecule is C[C@]12Cc3cnn(-c4ccc(F)cc4)c3C=C1CC[C@@H]1[C@@H]2[C@@H](O)C[C@@]2(C)[C@H]1CC[C@]2(OC(=O)C1CCC1)C(=O)SCC#N. The number of fused-ring (bicyclic) bond motifs is 6. The second-order valence-corrected chi connectivity index (χ2v) is 14.8. The van der Waals surface area contributed by atoms with Crippen LogP contribution in [0.5, 0.6) is 0 Å². The molecular formula is C34H38FN3O4S. The normalized spacial score (nSPS) is 36.2. The molecule has 5 aliphatic carbocycles. The van der Waals surface area contributed by atoms with Crippen molar-refractivity contribution in [1.29, 1.82) is 5.26 Å². The Hall–Kier alpha value is -2.96. The Labute approximate surface area is 255 Å². The summed E-state index contributed by atoms with van der Waals surface area (Å²) in [6.07, 6.45) is 10.1. The van der Waals surface area contributed by atoms with Crippen LogP contribution in [-0.2, 0) is 20.7 Å². The minimum Gasteiger partial charge on any atom is -0.449 e. The number of nitriles is 1. The molecule has 4 saturated carbocycles. The van der Waals surface area contributed by atoms with Crippen LogP contribution in [0.2, 0.25) is 0 Å². The molecule has 5 aliphatic rings. The number of nitrogens with zero attached hydrogens (tertiary/aromatic N) is 3. The van der Waals surface area contributed by atoms with Crippen LogP contribution in [-0.4, -0.2) is 43.4 Å². The third kappa shape index (κ3) is 4.19. The van der Waals surface area contributed by atoms with Gasteiger partial charge in [0.2, 0.25) is 5.12 Å². The van der Waals surface area contributed by atoms with Crippen LogP contribution in [0.4, 0.5) is 4.39 Å². The third-order valence-electron chi connectivity index (χ3n) is 11.9. The summed E-state index contributed by atoms with van der Waals surface area (Å²) >= 11 is 0.950. The van der Waals surface area contributed by atoms with E-state index in [0.717, 1.165) is 73.7 Å². The van der Waals surface area contributed by atoms with Gasteiger partial charge in [0, 0.05) is 5.41 Å². The van der Waals surface area contributed by atoms with E-state index in [1.165, 1.54) is 17.7 Å². The second-order valence-electron chi connectivity index (χ2n) is 13.9. The molecule has 226 valence electrons. The van der Waals surface area contributed by atoms with E-state index in [4.69, 9.17) is 4.74 Å². The van der Waals surface area contributed by atoms with Gasteiger partial charge in [-0.15, -0.1) is 0 Å². The Balaban J connectivity index is 1.22. The van der Waals surface area contributed by atoms with Crippen LogP contribution in [0.1, 0.15) is 76.5 Å². The van der Waals surface area contributed by atoms with Crippen LogP contribution >= 0.6 is 11.8 Å². The van der Waals surface area contributed by atoms with Crippen LogP contribution in [0.25, 0.3) is 11.8 Å². The molecule has 7 nitrogen and oxygen atoms in total. The number of esters is 1. The van der Waals surface area contributed by atoms with Crippen molar-refractivity contribution >= 4 is 28.9 Å². The number of benzene rings is 1. The number of carbonyl (C=O) groups excluding carboxylic acids is 2. The van der Waals surface area contributed by atoms with Gasteiger partial charge in [-0.2, -0.15) is 10.4 Å². The molecule has 43 heavy (non-hydrogen) atoms. The third-order valence-corrected chi connectivity index (χ3v) is 12.8. The smallest absolute Gasteiger partial charge is 0.309 e. The van der Waals surface area contributed by atoms with Crippen LogP contribution in [0.15, 0.2) is 36.0 Å². The van der Waals surface area contributed by atoms with Crippen molar-refractivity contribution in [3.8, 4) is 11.8 Å². The van der Waals surface area contributed by atoms with Crippen LogP contribution in [0.3, 0.4) is 0 Å². The molecule has 0 radical (unpaired) electrons. The van der Waals surface area contributed by atoms with Crippen molar-refractivity contribution < 1.29 is 23.8 Å². The summed E-state index contributed by atoms with van der Waals surface area (Å²) in [7, 11) is 0. The Morgan fingerprint density at radius 1 is 1.21 bits per heavy atom. The summed E-state index contributed by atoms with van der Waals surface area (Å²) in [5, 5.41) is 25.7. The maximum Gasteiger partial charge on any atom is 0.309 e. The fraction of sp³-hybridized carbons (Fsp3) is 0.588. The minimum atomic E-state index is -1.33. The Morgan fingerprint density at radius 2 is 1.98 bits per heavy atom. The zero-order valence-electron chi connectivity index (χ0n) is 24.7. The summed E-state index contributed by atoms with van der Waals surface area (Å²) in [5.74, 6) is -0.459. The van der Waals surface area contributed by atoms with Gasteiger partial charge in [0.15, 0.2) is 5.60 Å². The maximum atomic E-state index is 13.9. The summed E-state index contributed by atoms with van der Waals surface area (Å²) in [6, 6.07) is 8.41. The summed E-state index contributed by atoms with van der Waals surface area (Å²) in [4.78, 5) is 27.2. The first-order valence-corrected chi connectivity index (χ1v) is 16.6. The Kier molecular flexibility index (Phi) is 6.90. The number of hydrogen-bond donors (Lipinski definition) is 1. The number of allylic oxidation sites excluding steroid dienone is 1. The zero-order chi connectivity index (χ0) is 30.1. The lowest BCUT2D eigenvalue weighted by Gasteiger charge is -2.60. The topological polar surface area (TPSA) is 105 Å². The molecular weight excluding hydrogens is 565 g/mol. The minimum absolute atomic E-state index is 0.00658. The first-order chi connectivity index (χ1) is 20.6. The molecule has 1 aromatic heterocycles. The molecule has 0 unspecified atom stereocenters.